The van der Waals surface area contributed by atoms with Gasteiger partial charge in [-0.3, -0.25) is 4.90 Å². The first kappa shape index (κ1) is 14.7. The van der Waals surface area contributed by atoms with Crippen LogP contribution in [0.1, 0.15) is 18.5 Å². The molecule has 2 fully saturated rings. The molecule has 2 aliphatic heterocycles. The van der Waals surface area contributed by atoms with Gasteiger partial charge in [0.2, 0.25) is 0 Å². The molecule has 1 aromatic carbocycles. The summed E-state index contributed by atoms with van der Waals surface area (Å²) in [5.41, 5.74) is 0.601. The highest BCUT2D eigenvalue weighted by Gasteiger charge is 2.38. The second kappa shape index (κ2) is 5.73. The SMILES string of the molecule is CC(c1ccc(F)cc1F)N1C[C@H]2CNC[C@H]2C1.Cl. The average molecular weight is 289 g/mol. The van der Waals surface area contributed by atoms with Gasteiger partial charge in [0.05, 0.1) is 0 Å². The first-order chi connectivity index (χ1) is 8.65. The molecule has 0 bridgehead atoms. The smallest absolute Gasteiger partial charge is 0.130 e. The molecule has 19 heavy (non-hydrogen) atoms. The minimum atomic E-state index is -0.508. The molecule has 3 atom stereocenters. The summed E-state index contributed by atoms with van der Waals surface area (Å²) < 4.78 is 26.7. The summed E-state index contributed by atoms with van der Waals surface area (Å²) in [6.45, 7) is 6.16. The van der Waals surface area contributed by atoms with Crippen molar-refractivity contribution in [1.29, 1.82) is 0 Å². The Balaban J connectivity index is 0.00000133. The van der Waals surface area contributed by atoms with Crippen LogP contribution in [0.25, 0.3) is 0 Å². The third-order valence-electron chi connectivity index (χ3n) is 4.38. The van der Waals surface area contributed by atoms with Crippen molar-refractivity contribution in [2.24, 2.45) is 11.8 Å². The van der Waals surface area contributed by atoms with Crippen LogP contribution >= 0.6 is 12.4 Å². The van der Waals surface area contributed by atoms with E-state index in [0.717, 1.165) is 32.2 Å². The monoisotopic (exact) mass is 288 g/mol. The van der Waals surface area contributed by atoms with Crippen LogP contribution in [-0.2, 0) is 0 Å². The van der Waals surface area contributed by atoms with Crippen LogP contribution < -0.4 is 5.32 Å². The van der Waals surface area contributed by atoms with Gasteiger partial charge in [0.15, 0.2) is 0 Å². The fourth-order valence-electron chi connectivity index (χ4n) is 3.24. The Kier molecular flexibility index (Phi) is 4.43. The molecular formula is C14H19ClF2N2. The van der Waals surface area contributed by atoms with Crippen molar-refractivity contribution in [3.05, 3.63) is 35.4 Å². The topological polar surface area (TPSA) is 15.3 Å². The molecule has 5 heteroatoms. The lowest BCUT2D eigenvalue weighted by molar-refractivity contribution is 0.239. The zero-order valence-electron chi connectivity index (χ0n) is 10.9. The van der Waals surface area contributed by atoms with Crippen LogP contribution in [0.4, 0.5) is 8.78 Å². The quantitative estimate of drug-likeness (QED) is 0.900. The number of likely N-dealkylation sites (tertiary alicyclic amines) is 1. The molecule has 3 rings (SSSR count). The Morgan fingerprint density at radius 2 is 1.84 bits per heavy atom. The van der Waals surface area contributed by atoms with Crippen molar-refractivity contribution in [3.63, 3.8) is 0 Å². The first-order valence-electron chi connectivity index (χ1n) is 6.55. The van der Waals surface area contributed by atoms with E-state index in [1.165, 1.54) is 6.07 Å². The number of fused-ring (bicyclic) bond motifs is 1. The molecule has 106 valence electrons. The Morgan fingerprint density at radius 3 is 2.42 bits per heavy atom. The van der Waals surface area contributed by atoms with E-state index in [1.54, 1.807) is 6.07 Å². The van der Waals surface area contributed by atoms with E-state index < -0.39 is 11.6 Å². The van der Waals surface area contributed by atoms with Crippen LogP contribution in [-0.4, -0.2) is 31.1 Å². The Hall–Kier alpha value is -0.710. The predicted octanol–water partition coefficient (Wildman–Crippen LogP) is 2.60. The molecule has 0 aromatic heterocycles. The summed E-state index contributed by atoms with van der Waals surface area (Å²) in [5.74, 6) is 0.440. The zero-order chi connectivity index (χ0) is 12.7. The second-order valence-electron chi connectivity index (χ2n) is 5.47. The van der Waals surface area contributed by atoms with Gasteiger partial charge < -0.3 is 5.32 Å². The van der Waals surface area contributed by atoms with Gasteiger partial charge in [0.25, 0.3) is 0 Å². The van der Waals surface area contributed by atoms with Gasteiger partial charge in [-0.15, -0.1) is 12.4 Å². The van der Waals surface area contributed by atoms with Crippen LogP contribution in [0.15, 0.2) is 18.2 Å². The highest BCUT2D eigenvalue weighted by atomic mass is 35.5. The minimum Gasteiger partial charge on any atom is -0.316 e. The van der Waals surface area contributed by atoms with Crippen LogP contribution in [0, 0.1) is 23.5 Å². The summed E-state index contributed by atoms with van der Waals surface area (Å²) in [7, 11) is 0. The van der Waals surface area contributed by atoms with Crippen molar-refractivity contribution in [2.75, 3.05) is 26.2 Å². The molecule has 0 aliphatic carbocycles. The van der Waals surface area contributed by atoms with E-state index in [-0.39, 0.29) is 18.4 Å². The Labute approximate surface area is 118 Å². The van der Waals surface area contributed by atoms with Crippen molar-refractivity contribution in [3.8, 4) is 0 Å². The fraction of sp³-hybridized carbons (Fsp3) is 0.571. The summed E-state index contributed by atoms with van der Waals surface area (Å²) in [6, 6.07) is 3.91. The number of hydrogen-bond donors (Lipinski definition) is 1. The largest absolute Gasteiger partial charge is 0.316 e. The van der Waals surface area contributed by atoms with E-state index >= 15 is 0 Å². The van der Waals surface area contributed by atoms with Gasteiger partial charge in [0.1, 0.15) is 11.6 Å². The molecule has 0 saturated carbocycles. The number of halogens is 3. The van der Waals surface area contributed by atoms with Gasteiger partial charge in [-0.25, -0.2) is 8.78 Å². The van der Waals surface area contributed by atoms with Gasteiger partial charge in [0, 0.05) is 30.8 Å². The summed E-state index contributed by atoms with van der Waals surface area (Å²) in [4.78, 5) is 2.31. The number of nitrogens with zero attached hydrogens (tertiary/aromatic N) is 1. The minimum absolute atomic E-state index is 0. The van der Waals surface area contributed by atoms with Crippen molar-refractivity contribution in [1.82, 2.24) is 10.2 Å². The summed E-state index contributed by atoms with van der Waals surface area (Å²) in [6.07, 6.45) is 0. The molecule has 1 N–H and O–H groups in total. The standard InChI is InChI=1S/C14H18F2N2.ClH/c1-9(13-3-2-12(15)4-14(13)16)18-7-10-5-17-6-11(10)8-18;/h2-4,9-11,17H,5-8H2,1H3;1H/t9?,10-,11+;. The number of rotatable bonds is 2. The van der Waals surface area contributed by atoms with E-state index in [4.69, 9.17) is 0 Å². The summed E-state index contributed by atoms with van der Waals surface area (Å²) in [5, 5.41) is 3.39. The maximum Gasteiger partial charge on any atom is 0.130 e. The van der Waals surface area contributed by atoms with Crippen LogP contribution in [0.2, 0.25) is 0 Å². The average Bonchev–Trinajstić information content (AvgIpc) is 2.87. The van der Waals surface area contributed by atoms with Gasteiger partial charge >= 0.3 is 0 Å². The molecule has 2 nitrogen and oxygen atoms in total. The lowest BCUT2D eigenvalue weighted by atomic mass is 10.0. The van der Waals surface area contributed by atoms with Gasteiger partial charge in [-0.1, -0.05) is 6.07 Å². The molecule has 1 aromatic rings. The number of nitrogens with one attached hydrogen (secondary N) is 1. The first-order valence-corrected chi connectivity index (χ1v) is 6.55. The third-order valence-corrected chi connectivity index (χ3v) is 4.38. The van der Waals surface area contributed by atoms with Crippen LogP contribution in [0.3, 0.4) is 0 Å². The van der Waals surface area contributed by atoms with E-state index in [2.05, 4.69) is 10.2 Å². The van der Waals surface area contributed by atoms with E-state index in [0.29, 0.717) is 17.4 Å². The molecule has 2 saturated heterocycles. The van der Waals surface area contributed by atoms with Gasteiger partial charge in [-0.2, -0.15) is 0 Å². The maximum atomic E-state index is 13.8. The molecule has 2 heterocycles. The summed E-state index contributed by atoms with van der Waals surface area (Å²) >= 11 is 0. The second-order valence-corrected chi connectivity index (χ2v) is 5.47. The maximum absolute atomic E-state index is 13.8. The zero-order valence-corrected chi connectivity index (χ0v) is 11.7. The molecule has 0 amide bonds. The Morgan fingerprint density at radius 1 is 1.21 bits per heavy atom. The van der Waals surface area contributed by atoms with Gasteiger partial charge in [-0.05, 0) is 37.9 Å². The number of hydrogen-bond acceptors (Lipinski definition) is 2. The third kappa shape index (κ3) is 2.76. The highest BCUT2D eigenvalue weighted by Crippen LogP contribution is 2.33. The van der Waals surface area contributed by atoms with Crippen molar-refractivity contribution >= 4 is 12.4 Å². The van der Waals surface area contributed by atoms with E-state index in [1.807, 2.05) is 6.92 Å². The molecule has 1 unspecified atom stereocenters. The molecule has 0 radical (unpaired) electrons. The van der Waals surface area contributed by atoms with Crippen LogP contribution in [0.5, 0.6) is 0 Å². The Bertz CT molecular complexity index is 443. The highest BCUT2D eigenvalue weighted by molar-refractivity contribution is 5.85. The van der Waals surface area contributed by atoms with Crippen molar-refractivity contribution in [2.45, 2.75) is 13.0 Å². The number of benzene rings is 1. The lowest BCUT2D eigenvalue weighted by Crippen LogP contribution is -2.29. The predicted molar refractivity (Wildman–Crippen MR) is 73.4 cm³/mol. The fourth-order valence-corrected chi connectivity index (χ4v) is 3.24. The molecule has 2 aliphatic rings. The normalized spacial score (nSPS) is 27.9. The molecular weight excluding hydrogens is 270 g/mol. The lowest BCUT2D eigenvalue weighted by Gasteiger charge is -2.25. The van der Waals surface area contributed by atoms with Crippen molar-refractivity contribution < 1.29 is 8.78 Å². The molecule has 0 spiro atoms. The van der Waals surface area contributed by atoms with E-state index in [9.17, 15) is 8.78 Å².